The number of thioether (sulfide) groups is 1. The second-order valence-electron chi connectivity index (χ2n) is 6.38. The Morgan fingerprint density at radius 1 is 1.45 bits per heavy atom. The molecule has 2 rings (SSSR count). The molecule has 2 atom stereocenters. The summed E-state index contributed by atoms with van der Waals surface area (Å²) in [7, 11) is 1.89. The minimum absolute atomic E-state index is 0. The minimum atomic E-state index is 0. The number of amides is 1. The van der Waals surface area contributed by atoms with Crippen LogP contribution in [0.15, 0.2) is 23.1 Å². The Bertz CT molecular complexity index is 521. The molecule has 1 heterocycles. The van der Waals surface area contributed by atoms with Crippen LogP contribution in [0.5, 0.6) is 0 Å². The second-order valence-corrected chi connectivity index (χ2v) is 7.62. The summed E-state index contributed by atoms with van der Waals surface area (Å²) in [5.41, 5.74) is 8.63. The molecule has 2 N–H and O–H groups in total. The molecule has 1 aromatic rings. The molecule has 22 heavy (non-hydrogen) atoms. The van der Waals surface area contributed by atoms with Gasteiger partial charge in [0.25, 0.3) is 0 Å². The third kappa shape index (κ3) is 4.64. The average molecular weight is 343 g/mol. The van der Waals surface area contributed by atoms with Crippen molar-refractivity contribution in [2.75, 3.05) is 13.6 Å². The fourth-order valence-corrected chi connectivity index (χ4v) is 3.84. The van der Waals surface area contributed by atoms with Crippen LogP contribution in [-0.4, -0.2) is 35.7 Å². The van der Waals surface area contributed by atoms with Crippen LogP contribution in [0.3, 0.4) is 0 Å². The smallest absolute Gasteiger partial charge is 0.236 e. The highest BCUT2D eigenvalue weighted by molar-refractivity contribution is 8.01. The fourth-order valence-electron chi connectivity index (χ4n) is 2.55. The van der Waals surface area contributed by atoms with Gasteiger partial charge in [0, 0.05) is 24.5 Å². The van der Waals surface area contributed by atoms with Gasteiger partial charge in [0.2, 0.25) is 5.91 Å². The number of fused-ring (bicyclic) bond motifs is 1. The Morgan fingerprint density at radius 2 is 2.14 bits per heavy atom. The Hall–Kier alpha value is -0.710. The molecule has 5 heteroatoms. The van der Waals surface area contributed by atoms with Gasteiger partial charge >= 0.3 is 0 Å². The molecule has 0 aromatic heterocycles. The largest absolute Gasteiger partial charge is 0.345 e. The van der Waals surface area contributed by atoms with Gasteiger partial charge in [-0.3, -0.25) is 4.79 Å². The summed E-state index contributed by atoms with van der Waals surface area (Å²) in [6.45, 7) is 7.08. The maximum absolute atomic E-state index is 12.5. The number of halogens is 1. The van der Waals surface area contributed by atoms with E-state index < -0.39 is 0 Å². The number of carbonyl (C=O) groups excluding carboxylic acids is 1. The molecular weight excluding hydrogens is 316 g/mol. The lowest BCUT2D eigenvalue weighted by molar-refractivity contribution is -0.129. The number of hydrogen-bond donors (Lipinski definition) is 1. The van der Waals surface area contributed by atoms with Gasteiger partial charge < -0.3 is 10.6 Å². The monoisotopic (exact) mass is 342 g/mol. The molecule has 0 radical (unpaired) electrons. The van der Waals surface area contributed by atoms with E-state index in [2.05, 4.69) is 39.0 Å². The lowest BCUT2D eigenvalue weighted by Gasteiger charge is -2.23. The molecule has 0 bridgehead atoms. The Labute approximate surface area is 144 Å². The summed E-state index contributed by atoms with van der Waals surface area (Å²) < 4.78 is 0. The number of nitrogens with two attached hydrogens (primary N) is 1. The molecular formula is C17H27ClN2OS. The van der Waals surface area contributed by atoms with Crippen LogP contribution >= 0.6 is 24.2 Å². The van der Waals surface area contributed by atoms with Crippen LogP contribution in [0.25, 0.3) is 0 Å². The number of carbonyl (C=O) groups is 1. The third-order valence-corrected chi connectivity index (χ3v) is 5.50. The lowest BCUT2D eigenvalue weighted by atomic mass is 10.0. The summed E-state index contributed by atoms with van der Waals surface area (Å²) >= 11 is 1.70. The maximum Gasteiger partial charge on any atom is 0.236 e. The lowest BCUT2D eigenvalue weighted by Crippen LogP contribution is -2.38. The topological polar surface area (TPSA) is 46.3 Å². The Morgan fingerprint density at radius 3 is 2.77 bits per heavy atom. The van der Waals surface area contributed by atoms with Crippen molar-refractivity contribution >= 4 is 30.1 Å². The predicted molar refractivity (Wildman–Crippen MR) is 96.8 cm³/mol. The van der Waals surface area contributed by atoms with Gasteiger partial charge in [0.15, 0.2) is 0 Å². The molecule has 3 nitrogen and oxygen atoms in total. The molecule has 1 aromatic carbocycles. The zero-order valence-corrected chi connectivity index (χ0v) is 15.5. The van der Waals surface area contributed by atoms with E-state index in [0.29, 0.717) is 5.92 Å². The van der Waals surface area contributed by atoms with E-state index >= 15 is 0 Å². The van der Waals surface area contributed by atoms with Crippen molar-refractivity contribution in [3.05, 3.63) is 29.3 Å². The summed E-state index contributed by atoms with van der Waals surface area (Å²) in [6, 6.07) is 6.61. The summed E-state index contributed by atoms with van der Waals surface area (Å²) in [5.74, 6) is 0.686. The zero-order chi connectivity index (χ0) is 15.6. The van der Waals surface area contributed by atoms with Crippen LogP contribution in [0.4, 0.5) is 0 Å². The minimum Gasteiger partial charge on any atom is -0.345 e. The van der Waals surface area contributed by atoms with Gasteiger partial charge in [-0.2, -0.15) is 0 Å². The van der Waals surface area contributed by atoms with Crippen molar-refractivity contribution in [3.8, 4) is 0 Å². The molecule has 124 valence electrons. The highest BCUT2D eigenvalue weighted by Crippen LogP contribution is 2.38. The Balaban J connectivity index is 0.00000242. The first kappa shape index (κ1) is 19.3. The summed E-state index contributed by atoms with van der Waals surface area (Å²) in [5, 5.41) is 0.0297. The normalized spacial score (nSPS) is 17.8. The van der Waals surface area contributed by atoms with E-state index in [4.69, 9.17) is 5.73 Å². The molecule has 2 unspecified atom stereocenters. The molecule has 0 fully saturated rings. The number of benzene rings is 1. The van der Waals surface area contributed by atoms with Crippen molar-refractivity contribution in [2.45, 2.75) is 49.8 Å². The molecule has 1 aliphatic heterocycles. The average Bonchev–Trinajstić information content (AvgIpc) is 2.86. The molecule has 0 spiro atoms. The second kappa shape index (κ2) is 8.23. The quantitative estimate of drug-likeness (QED) is 0.893. The van der Waals surface area contributed by atoms with Crippen molar-refractivity contribution < 1.29 is 4.79 Å². The van der Waals surface area contributed by atoms with E-state index in [1.54, 1.807) is 11.8 Å². The van der Waals surface area contributed by atoms with Crippen molar-refractivity contribution in [1.29, 1.82) is 0 Å². The molecule has 0 saturated heterocycles. The van der Waals surface area contributed by atoms with E-state index in [0.717, 1.165) is 19.4 Å². The van der Waals surface area contributed by atoms with Gasteiger partial charge in [-0.15, -0.1) is 24.2 Å². The first-order chi connectivity index (χ1) is 9.88. The number of nitrogens with zero attached hydrogens (tertiary/aromatic N) is 1. The number of hydrogen-bond acceptors (Lipinski definition) is 3. The van der Waals surface area contributed by atoms with Crippen LogP contribution in [0.1, 0.15) is 31.4 Å². The fraction of sp³-hybridized carbons (Fsp3) is 0.588. The molecule has 0 aliphatic carbocycles. The van der Waals surface area contributed by atoms with Crippen molar-refractivity contribution in [2.24, 2.45) is 11.7 Å². The van der Waals surface area contributed by atoms with Crippen molar-refractivity contribution in [3.63, 3.8) is 0 Å². The van der Waals surface area contributed by atoms with Gasteiger partial charge in [-0.05, 0) is 37.3 Å². The third-order valence-electron chi connectivity index (χ3n) is 4.20. The van der Waals surface area contributed by atoms with Crippen LogP contribution in [0, 0.1) is 12.8 Å². The van der Waals surface area contributed by atoms with Gasteiger partial charge in [-0.25, -0.2) is 0 Å². The number of aryl methyl sites for hydroxylation is 1. The van der Waals surface area contributed by atoms with E-state index in [-0.39, 0.29) is 29.6 Å². The highest BCUT2D eigenvalue weighted by atomic mass is 35.5. The summed E-state index contributed by atoms with van der Waals surface area (Å²) in [6.07, 6.45) is 1.71. The van der Waals surface area contributed by atoms with E-state index in [9.17, 15) is 4.79 Å². The highest BCUT2D eigenvalue weighted by Gasteiger charge is 2.30. The molecule has 1 amide bonds. The SMILES string of the molecule is Cc1ccc2c(c1)CC(C(=O)N(C)CCC(N)C(C)C)S2.Cl. The van der Waals surface area contributed by atoms with Crippen molar-refractivity contribution in [1.82, 2.24) is 4.90 Å². The zero-order valence-electron chi connectivity index (χ0n) is 13.8. The summed E-state index contributed by atoms with van der Waals surface area (Å²) in [4.78, 5) is 15.6. The van der Waals surface area contributed by atoms with Crippen LogP contribution in [0.2, 0.25) is 0 Å². The van der Waals surface area contributed by atoms with Gasteiger partial charge in [0.05, 0.1) is 5.25 Å². The first-order valence-electron chi connectivity index (χ1n) is 7.65. The molecule has 0 saturated carbocycles. The molecule has 1 aliphatic rings. The van der Waals surface area contributed by atoms with Gasteiger partial charge in [-0.1, -0.05) is 31.5 Å². The van der Waals surface area contributed by atoms with E-state index in [1.165, 1.54) is 16.0 Å². The van der Waals surface area contributed by atoms with Crippen LogP contribution in [-0.2, 0) is 11.2 Å². The van der Waals surface area contributed by atoms with E-state index in [1.807, 2.05) is 11.9 Å². The van der Waals surface area contributed by atoms with Gasteiger partial charge in [0.1, 0.15) is 0 Å². The van der Waals surface area contributed by atoms with Crippen LogP contribution < -0.4 is 5.73 Å². The standard InChI is InChI=1S/C17H26N2OS.ClH/c1-11(2)14(18)7-8-19(4)17(20)16-10-13-9-12(3)5-6-15(13)21-16;/h5-6,9,11,14,16H,7-8,10,18H2,1-4H3;1H. The first-order valence-corrected chi connectivity index (χ1v) is 8.53. The maximum atomic E-state index is 12.5. The number of rotatable bonds is 5. The predicted octanol–water partition coefficient (Wildman–Crippen LogP) is 3.27. The Kier molecular flexibility index (Phi) is 7.23.